The number of hydrogen-bond donors (Lipinski definition) is 1. The van der Waals surface area contributed by atoms with Gasteiger partial charge in [-0.15, -0.1) is 0 Å². The zero-order chi connectivity index (χ0) is 13.0. The Kier molecular flexibility index (Phi) is 4.12. The van der Waals surface area contributed by atoms with Gasteiger partial charge in [-0.3, -0.25) is 5.43 Å². The Morgan fingerprint density at radius 2 is 2.06 bits per heavy atom. The summed E-state index contributed by atoms with van der Waals surface area (Å²) in [6.07, 6.45) is 1.65. The summed E-state index contributed by atoms with van der Waals surface area (Å²) in [5.41, 5.74) is 3.68. The van der Waals surface area contributed by atoms with Crippen LogP contribution in [-0.2, 0) is 0 Å². The van der Waals surface area contributed by atoms with Crippen LogP contribution in [0.5, 0.6) is 0 Å². The highest BCUT2D eigenvalue weighted by Crippen LogP contribution is 2.11. The van der Waals surface area contributed by atoms with Crippen LogP contribution in [-0.4, -0.2) is 16.2 Å². The van der Waals surface area contributed by atoms with Gasteiger partial charge in [0, 0.05) is 11.1 Å². The molecular weight excluding hydrogens is 271 g/mol. The number of aryl methyl sites for hydroxylation is 1. The molecule has 0 saturated carbocycles. The minimum atomic E-state index is 0.378. The van der Waals surface area contributed by atoms with E-state index in [2.05, 4.69) is 20.5 Å². The van der Waals surface area contributed by atoms with Crippen molar-refractivity contribution < 1.29 is 0 Å². The van der Waals surface area contributed by atoms with E-state index in [1.165, 1.54) is 0 Å². The van der Waals surface area contributed by atoms with Crippen molar-refractivity contribution in [2.75, 3.05) is 5.43 Å². The number of hydrazone groups is 1. The Labute approximate surface area is 115 Å². The van der Waals surface area contributed by atoms with Crippen LogP contribution >= 0.6 is 23.2 Å². The fraction of sp³-hybridized carbons (Fsp3) is 0.0833. The molecule has 0 spiro atoms. The normalized spacial score (nSPS) is 10.8. The molecule has 0 atom stereocenters. The van der Waals surface area contributed by atoms with Gasteiger partial charge in [-0.1, -0.05) is 35.3 Å². The van der Waals surface area contributed by atoms with E-state index in [1.807, 2.05) is 18.2 Å². The standard InChI is InChI=1S/C12H10Cl2N4/c1-8-16-11(14)6-12(17-8)18-15-7-9-3-2-4-10(13)5-9/h2-7H,1H3,(H,16,17,18)/b15-7-. The summed E-state index contributed by atoms with van der Waals surface area (Å²) in [7, 11) is 0. The van der Waals surface area contributed by atoms with Crippen molar-refractivity contribution in [1.82, 2.24) is 9.97 Å². The molecule has 4 nitrogen and oxygen atoms in total. The van der Waals surface area contributed by atoms with Crippen molar-refractivity contribution in [2.24, 2.45) is 5.10 Å². The summed E-state index contributed by atoms with van der Waals surface area (Å²) in [5.74, 6) is 1.13. The molecule has 0 aliphatic heterocycles. The van der Waals surface area contributed by atoms with Gasteiger partial charge >= 0.3 is 0 Å². The van der Waals surface area contributed by atoms with E-state index in [0.717, 1.165) is 5.56 Å². The second-order valence-electron chi connectivity index (χ2n) is 3.55. The summed E-state index contributed by atoms with van der Waals surface area (Å²) < 4.78 is 0. The molecule has 0 aliphatic carbocycles. The molecule has 1 N–H and O–H groups in total. The molecule has 0 amide bonds. The van der Waals surface area contributed by atoms with Crippen LogP contribution in [0.2, 0.25) is 10.2 Å². The lowest BCUT2D eigenvalue weighted by Crippen LogP contribution is -1.97. The molecule has 0 saturated heterocycles. The van der Waals surface area contributed by atoms with Gasteiger partial charge in [0.2, 0.25) is 0 Å². The summed E-state index contributed by atoms with van der Waals surface area (Å²) in [6, 6.07) is 8.97. The highest BCUT2D eigenvalue weighted by Gasteiger charge is 1.97. The van der Waals surface area contributed by atoms with E-state index in [-0.39, 0.29) is 0 Å². The molecule has 18 heavy (non-hydrogen) atoms. The smallest absolute Gasteiger partial charge is 0.151 e. The lowest BCUT2D eigenvalue weighted by Gasteiger charge is -2.01. The quantitative estimate of drug-likeness (QED) is 0.532. The molecule has 6 heteroatoms. The highest BCUT2D eigenvalue weighted by atomic mass is 35.5. The fourth-order valence-corrected chi connectivity index (χ4v) is 1.77. The first-order chi connectivity index (χ1) is 8.63. The minimum Gasteiger partial charge on any atom is -0.261 e. The molecule has 1 aromatic heterocycles. The molecule has 0 unspecified atom stereocenters. The molecular formula is C12H10Cl2N4. The highest BCUT2D eigenvalue weighted by molar-refractivity contribution is 6.30. The monoisotopic (exact) mass is 280 g/mol. The van der Waals surface area contributed by atoms with E-state index in [4.69, 9.17) is 23.2 Å². The predicted molar refractivity (Wildman–Crippen MR) is 74.4 cm³/mol. The van der Waals surface area contributed by atoms with Gasteiger partial charge < -0.3 is 0 Å². The summed E-state index contributed by atoms with van der Waals surface area (Å²) in [6.45, 7) is 1.76. The van der Waals surface area contributed by atoms with Crippen molar-refractivity contribution >= 4 is 35.2 Å². The second-order valence-corrected chi connectivity index (χ2v) is 4.37. The number of aromatic nitrogens is 2. The average molecular weight is 281 g/mol. The first-order valence-corrected chi connectivity index (χ1v) is 5.95. The summed E-state index contributed by atoms with van der Waals surface area (Å²) >= 11 is 11.7. The van der Waals surface area contributed by atoms with Crippen LogP contribution in [0.4, 0.5) is 5.82 Å². The number of nitrogens with zero attached hydrogens (tertiary/aromatic N) is 3. The van der Waals surface area contributed by atoms with Gasteiger partial charge in [-0.25, -0.2) is 9.97 Å². The van der Waals surface area contributed by atoms with Crippen LogP contribution in [0, 0.1) is 6.92 Å². The topological polar surface area (TPSA) is 50.2 Å². The summed E-state index contributed by atoms with van der Waals surface area (Å²) in [5, 5.41) is 5.10. The first kappa shape index (κ1) is 12.8. The minimum absolute atomic E-state index is 0.378. The van der Waals surface area contributed by atoms with Crippen molar-refractivity contribution in [3.05, 3.63) is 51.9 Å². The first-order valence-electron chi connectivity index (χ1n) is 5.19. The molecule has 2 aromatic rings. The van der Waals surface area contributed by atoms with Crippen molar-refractivity contribution in [3.8, 4) is 0 Å². The zero-order valence-corrected chi connectivity index (χ0v) is 11.1. The lowest BCUT2D eigenvalue weighted by molar-refractivity contribution is 1.04. The molecule has 0 fully saturated rings. The van der Waals surface area contributed by atoms with E-state index in [9.17, 15) is 0 Å². The maximum absolute atomic E-state index is 5.86. The maximum atomic E-state index is 5.86. The van der Waals surface area contributed by atoms with Gasteiger partial charge in [0.25, 0.3) is 0 Å². The number of halogens is 2. The molecule has 0 radical (unpaired) electrons. The van der Waals surface area contributed by atoms with Crippen LogP contribution < -0.4 is 5.43 Å². The SMILES string of the molecule is Cc1nc(Cl)cc(N/N=C\c2cccc(Cl)c2)n1. The summed E-state index contributed by atoms with van der Waals surface area (Å²) in [4.78, 5) is 8.09. The third kappa shape index (κ3) is 3.68. The number of anilines is 1. The Morgan fingerprint density at radius 1 is 1.22 bits per heavy atom. The van der Waals surface area contributed by atoms with Gasteiger partial charge in [0.05, 0.1) is 6.21 Å². The zero-order valence-electron chi connectivity index (χ0n) is 9.56. The number of hydrogen-bond acceptors (Lipinski definition) is 4. The molecule has 1 aromatic carbocycles. The predicted octanol–water partition coefficient (Wildman–Crippen LogP) is 3.54. The number of benzene rings is 1. The number of rotatable bonds is 3. The third-order valence-corrected chi connectivity index (χ3v) is 2.48. The second kappa shape index (κ2) is 5.80. The molecule has 0 aliphatic rings. The van der Waals surface area contributed by atoms with Crippen LogP contribution in [0.15, 0.2) is 35.4 Å². The lowest BCUT2D eigenvalue weighted by atomic mass is 10.2. The van der Waals surface area contributed by atoms with Crippen molar-refractivity contribution in [2.45, 2.75) is 6.92 Å². The van der Waals surface area contributed by atoms with Crippen LogP contribution in [0.1, 0.15) is 11.4 Å². The molecule has 0 bridgehead atoms. The maximum Gasteiger partial charge on any atom is 0.151 e. The molecule has 1 heterocycles. The fourth-order valence-electron chi connectivity index (χ4n) is 1.35. The van der Waals surface area contributed by atoms with Gasteiger partial charge in [-0.2, -0.15) is 5.10 Å². The van der Waals surface area contributed by atoms with Crippen LogP contribution in [0.25, 0.3) is 0 Å². The average Bonchev–Trinajstić information content (AvgIpc) is 2.27. The van der Waals surface area contributed by atoms with E-state index in [0.29, 0.717) is 21.8 Å². The Hall–Kier alpha value is -1.65. The molecule has 92 valence electrons. The Bertz CT molecular complexity index is 564. The van der Waals surface area contributed by atoms with Crippen molar-refractivity contribution in [1.29, 1.82) is 0 Å². The van der Waals surface area contributed by atoms with Gasteiger partial charge in [-0.05, 0) is 24.6 Å². The molecule has 2 rings (SSSR count). The number of nitrogens with one attached hydrogen (secondary N) is 1. The van der Waals surface area contributed by atoms with E-state index in [1.54, 1.807) is 25.3 Å². The Morgan fingerprint density at radius 3 is 2.78 bits per heavy atom. The van der Waals surface area contributed by atoms with E-state index >= 15 is 0 Å². The van der Waals surface area contributed by atoms with Gasteiger partial charge in [0.15, 0.2) is 5.82 Å². The largest absolute Gasteiger partial charge is 0.261 e. The van der Waals surface area contributed by atoms with Crippen LogP contribution in [0.3, 0.4) is 0 Å². The van der Waals surface area contributed by atoms with Crippen molar-refractivity contribution in [3.63, 3.8) is 0 Å². The van der Waals surface area contributed by atoms with Gasteiger partial charge in [0.1, 0.15) is 11.0 Å². The Balaban J connectivity index is 2.07. The third-order valence-electron chi connectivity index (χ3n) is 2.05. The van der Waals surface area contributed by atoms with E-state index < -0.39 is 0 Å².